The number of nitrogens with one attached hydrogen (secondary N) is 1. The number of hydrogen-bond acceptors (Lipinski definition) is 3. The summed E-state index contributed by atoms with van der Waals surface area (Å²) in [6.45, 7) is 5.98. The molecule has 0 unspecified atom stereocenters. The van der Waals surface area contributed by atoms with E-state index in [2.05, 4.69) is 68.4 Å². The van der Waals surface area contributed by atoms with Crippen molar-refractivity contribution in [3.8, 4) is 0 Å². The summed E-state index contributed by atoms with van der Waals surface area (Å²) >= 11 is 3.53. The summed E-state index contributed by atoms with van der Waals surface area (Å²) in [5, 5.41) is 3.48. The van der Waals surface area contributed by atoms with Crippen molar-refractivity contribution in [2.45, 2.75) is 33.0 Å². The van der Waals surface area contributed by atoms with Crippen molar-refractivity contribution in [3.05, 3.63) is 57.7 Å². The number of pyridine rings is 1. The molecule has 0 atom stereocenters. The average molecular weight is 346 g/mol. The summed E-state index contributed by atoms with van der Waals surface area (Å²) in [5.41, 5.74) is 4.08. The van der Waals surface area contributed by atoms with Crippen molar-refractivity contribution in [2.24, 2.45) is 0 Å². The van der Waals surface area contributed by atoms with Gasteiger partial charge in [-0.3, -0.25) is 0 Å². The Hall–Kier alpha value is -1.39. The SMILES string of the molecule is CCCNCc1cc(Br)cnc1N1Cc2ccccc2C1. The molecule has 0 bridgehead atoms. The van der Waals surface area contributed by atoms with E-state index in [0.717, 1.165) is 42.9 Å². The maximum absolute atomic E-state index is 4.66. The van der Waals surface area contributed by atoms with Gasteiger partial charge in [-0.25, -0.2) is 4.98 Å². The third kappa shape index (κ3) is 3.27. The Morgan fingerprint density at radius 1 is 1.24 bits per heavy atom. The average Bonchev–Trinajstić information content (AvgIpc) is 2.91. The van der Waals surface area contributed by atoms with Crippen LogP contribution in [0.1, 0.15) is 30.0 Å². The quantitative estimate of drug-likeness (QED) is 0.834. The highest BCUT2D eigenvalue weighted by Gasteiger charge is 2.21. The highest BCUT2D eigenvalue weighted by Crippen LogP contribution is 2.30. The second-order valence-corrected chi connectivity index (χ2v) is 6.35. The van der Waals surface area contributed by atoms with Crippen LogP contribution in [0, 0.1) is 0 Å². The molecular weight excluding hydrogens is 326 g/mol. The van der Waals surface area contributed by atoms with Crippen LogP contribution in [0.2, 0.25) is 0 Å². The molecule has 1 aromatic carbocycles. The number of benzene rings is 1. The van der Waals surface area contributed by atoms with E-state index in [1.54, 1.807) is 0 Å². The Kier molecular flexibility index (Phi) is 4.56. The Bertz CT molecular complexity index is 602. The minimum Gasteiger partial charge on any atom is -0.348 e. The normalized spacial score (nSPS) is 13.5. The van der Waals surface area contributed by atoms with Gasteiger partial charge in [-0.15, -0.1) is 0 Å². The minimum absolute atomic E-state index is 0.864. The van der Waals surface area contributed by atoms with E-state index in [9.17, 15) is 0 Å². The lowest BCUT2D eigenvalue weighted by molar-refractivity contribution is 0.670. The summed E-state index contributed by atoms with van der Waals surface area (Å²) < 4.78 is 1.04. The van der Waals surface area contributed by atoms with E-state index in [1.807, 2.05) is 6.20 Å². The maximum atomic E-state index is 4.66. The van der Waals surface area contributed by atoms with E-state index < -0.39 is 0 Å². The fourth-order valence-electron chi connectivity index (χ4n) is 2.77. The molecule has 0 amide bonds. The zero-order valence-electron chi connectivity index (χ0n) is 12.3. The lowest BCUT2D eigenvalue weighted by atomic mass is 10.1. The van der Waals surface area contributed by atoms with Gasteiger partial charge in [-0.2, -0.15) is 0 Å². The molecular formula is C17H20BrN3. The van der Waals surface area contributed by atoms with Crippen molar-refractivity contribution in [2.75, 3.05) is 11.4 Å². The van der Waals surface area contributed by atoms with E-state index >= 15 is 0 Å². The lowest BCUT2D eigenvalue weighted by Gasteiger charge is -2.20. The molecule has 110 valence electrons. The Labute approximate surface area is 134 Å². The predicted octanol–water partition coefficient (Wildman–Crippen LogP) is 3.86. The van der Waals surface area contributed by atoms with Crippen molar-refractivity contribution in [1.29, 1.82) is 0 Å². The smallest absolute Gasteiger partial charge is 0.133 e. The summed E-state index contributed by atoms with van der Waals surface area (Å²) in [5.74, 6) is 1.10. The van der Waals surface area contributed by atoms with Gasteiger partial charge in [0.25, 0.3) is 0 Å². The highest BCUT2D eigenvalue weighted by molar-refractivity contribution is 9.10. The Balaban J connectivity index is 1.82. The third-order valence-corrected chi connectivity index (χ3v) is 4.23. The van der Waals surface area contributed by atoms with E-state index in [1.165, 1.54) is 16.7 Å². The van der Waals surface area contributed by atoms with Crippen LogP contribution >= 0.6 is 15.9 Å². The first kappa shape index (κ1) is 14.5. The van der Waals surface area contributed by atoms with Crippen LogP contribution in [-0.4, -0.2) is 11.5 Å². The molecule has 21 heavy (non-hydrogen) atoms. The molecule has 1 aliphatic heterocycles. The van der Waals surface area contributed by atoms with Gasteiger partial charge in [0.05, 0.1) is 0 Å². The van der Waals surface area contributed by atoms with Gasteiger partial charge in [-0.05, 0) is 46.1 Å². The van der Waals surface area contributed by atoms with Gasteiger partial charge in [0.15, 0.2) is 0 Å². The zero-order valence-corrected chi connectivity index (χ0v) is 13.9. The molecule has 3 rings (SSSR count). The van der Waals surface area contributed by atoms with E-state index in [0.29, 0.717) is 0 Å². The van der Waals surface area contributed by atoms with Gasteiger partial charge in [0, 0.05) is 35.9 Å². The minimum atomic E-state index is 0.864. The summed E-state index contributed by atoms with van der Waals surface area (Å²) in [6.07, 6.45) is 3.04. The number of rotatable bonds is 5. The van der Waals surface area contributed by atoms with Crippen LogP contribution in [0.3, 0.4) is 0 Å². The zero-order chi connectivity index (χ0) is 14.7. The topological polar surface area (TPSA) is 28.2 Å². The molecule has 1 aromatic heterocycles. The van der Waals surface area contributed by atoms with Gasteiger partial charge >= 0.3 is 0 Å². The summed E-state index contributed by atoms with van der Waals surface area (Å²) in [4.78, 5) is 7.02. The molecule has 2 heterocycles. The molecule has 4 heteroatoms. The van der Waals surface area contributed by atoms with Crippen LogP contribution in [0.25, 0.3) is 0 Å². The first-order chi connectivity index (χ1) is 10.3. The number of halogens is 1. The second-order valence-electron chi connectivity index (χ2n) is 5.44. The van der Waals surface area contributed by atoms with Crippen LogP contribution < -0.4 is 10.2 Å². The maximum Gasteiger partial charge on any atom is 0.133 e. The summed E-state index contributed by atoms with van der Waals surface area (Å²) in [7, 11) is 0. The molecule has 3 nitrogen and oxygen atoms in total. The largest absolute Gasteiger partial charge is 0.348 e. The molecule has 0 aliphatic carbocycles. The van der Waals surface area contributed by atoms with Crippen LogP contribution in [-0.2, 0) is 19.6 Å². The van der Waals surface area contributed by atoms with Gasteiger partial charge in [0.2, 0.25) is 0 Å². The van der Waals surface area contributed by atoms with Gasteiger partial charge in [-0.1, -0.05) is 31.2 Å². The first-order valence-electron chi connectivity index (χ1n) is 7.45. The highest BCUT2D eigenvalue weighted by atomic mass is 79.9. The Morgan fingerprint density at radius 2 is 1.95 bits per heavy atom. The number of aromatic nitrogens is 1. The first-order valence-corrected chi connectivity index (χ1v) is 8.24. The number of nitrogens with zero attached hydrogens (tertiary/aromatic N) is 2. The van der Waals surface area contributed by atoms with E-state index in [-0.39, 0.29) is 0 Å². The summed E-state index contributed by atoms with van der Waals surface area (Å²) in [6, 6.07) is 10.8. The van der Waals surface area contributed by atoms with Crippen LogP contribution in [0.5, 0.6) is 0 Å². The Morgan fingerprint density at radius 3 is 2.62 bits per heavy atom. The molecule has 0 spiro atoms. The van der Waals surface area contributed by atoms with E-state index in [4.69, 9.17) is 0 Å². The fourth-order valence-corrected chi connectivity index (χ4v) is 3.15. The van der Waals surface area contributed by atoms with Gasteiger partial charge in [0.1, 0.15) is 5.82 Å². The molecule has 0 fully saturated rings. The molecule has 0 radical (unpaired) electrons. The molecule has 1 aliphatic rings. The molecule has 1 N–H and O–H groups in total. The third-order valence-electron chi connectivity index (χ3n) is 3.79. The van der Waals surface area contributed by atoms with Crippen molar-refractivity contribution in [1.82, 2.24) is 10.3 Å². The monoisotopic (exact) mass is 345 g/mol. The van der Waals surface area contributed by atoms with Gasteiger partial charge < -0.3 is 10.2 Å². The second kappa shape index (κ2) is 6.58. The number of hydrogen-bond donors (Lipinski definition) is 1. The number of anilines is 1. The van der Waals surface area contributed by atoms with Crippen molar-refractivity contribution in [3.63, 3.8) is 0 Å². The fraction of sp³-hybridized carbons (Fsp3) is 0.353. The predicted molar refractivity (Wildman–Crippen MR) is 90.3 cm³/mol. The standard InChI is InChI=1S/C17H20BrN3/c1-2-7-19-9-15-8-16(18)10-20-17(15)21-11-13-5-3-4-6-14(13)12-21/h3-6,8,10,19H,2,7,9,11-12H2,1H3. The number of fused-ring (bicyclic) bond motifs is 1. The van der Waals surface area contributed by atoms with Crippen LogP contribution in [0.4, 0.5) is 5.82 Å². The van der Waals surface area contributed by atoms with Crippen LogP contribution in [0.15, 0.2) is 41.0 Å². The lowest BCUT2D eigenvalue weighted by Crippen LogP contribution is -2.21. The molecule has 2 aromatic rings. The van der Waals surface area contributed by atoms with Crippen molar-refractivity contribution < 1.29 is 0 Å². The molecule has 0 saturated heterocycles. The van der Waals surface area contributed by atoms with Crippen molar-refractivity contribution >= 4 is 21.7 Å². The molecule has 0 saturated carbocycles.